The first-order valence-corrected chi connectivity index (χ1v) is 10.5. The predicted octanol–water partition coefficient (Wildman–Crippen LogP) is 4.89. The lowest BCUT2D eigenvalue weighted by molar-refractivity contribution is -0.384. The summed E-state index contributed by atoms with van der Waals surface area (Å²) in [4.78, 5) is 26.4. The van der Waals surface area contributed by atoms with Crippen LogP contribution in [-0.4, -0.2) is 41.9 Å². The van der Waals surface area contributed by atoms with E-state index in [0.717, 1.165) is 12.1 Å². The largest absolute Gasteiger partial charge is 0.486 e. The second-order valence-electron chi connectivity index (χ2n) is 7.75. The standard InChI is InChI=1S/C23H19F4N3O5/c24-16-2-4-17(5-3-16)34-14-18-6-8-21(35-18)22(31)29-11-9-28(10-12-29)19-7-1-15(23(25,26)27)13-20(19)30(32)33/h1-8,13H,9-12,14H2. The molecule has 1 fully saturated rings. The number of amides is 1. The number of benzene rings is 2. The molecule has 1 amide bonds. The van der Waals surface area contributed by atoms with Crippen molar-refractivity contribution in [2.24, 2.45) is 0 Å². The molecule has 0 saturated carbocycles. The van der Waals surface area contributed by atoms with Crippen LogP contribution in [0.1, 0.15) is 21.9 Å². The molecule has 1 aromatic heterocycles. The van der Waals surface area contributed by atoms with Crippen molar-refractivity contribution in [1.29, 1.82) is 0 Å². The molecule has 0 unspecified atom stereocenters. The summed E-state index contributed by atoms with van der Waals surface area (Å²) in [6, 6.07) is 10.9. The van der Waals surface area contributed by atoms with Crippen LogP contribution >= 0.6 is 0 Å². The van der Waals surface area contributed by atoms with Gasteiger partial charge in [0.25, 0.3) is 11.6 Å². The average molecular weight is 493 g/mol. The SMILES string of the molecule is O=C(c1ccc(COc2ccc(F)cc2)o1)N1CCN(c2ccc(C(F)(F)F)cc2[N+](=O)[O-])CC1. The highest BCUT2D eigenvalue weighted by atomic mass is 19.4. The fourth-order valence-electron chi connectivity index (χ4n) is 3.68. The fraction of sp³-hybridized carbons (Fsp3) is 0.261. The summed E-state index contributed by atoms with van der Waals surface area (Å²) in [6.45, 7) is 0.806. The van der Waals surface area contributed by atoms with Crippen LogP contribution in [0.5, 0.6) is 5.75 Å². The van der Waals surface area contributed by atoms with Crippen molar-refractivity contribution in [3.8, 4) is 5.75 Å². The zero-order valence-electron chi connectivity index (χ0n) is 18.1. The number of halogens is 4. The Balaban J connectivity index is 1.37. The second-order valence-corrected chi connectivity index (χ2v) is 7.75. The lowest BCUT2D eigenvalue weighted by atomic mass is 10.1. The Bertz CT molecular complexity index is 1220. The molecule has 0 bridgehead atoms. The number of nitro benzene ring substituents is 1. The van der Waals surface area contributed by atoms with Gasteiger partial charge in [-0.2, -0.15) is 13.2 Å². The molecule has 2 aromatic carbocycles. The third-order valence-corrected chi connectivity index (χ3v) is 5.47. The number of nitrogens with zero attached hydrogens (tertiary/aromatic N) is 3. The number of anilines is 1. The fourth-order valence-corrected chi connectivity index (χ4v) is 3.68. The molecule has 3 aromatic rings. The first kappa shape index (κ1) is 24.0. The number of ether oxygens (including phenoxy) is 1. The molecular formula is C23H19F4N3O5. The molecule has 1 saturated heterocycles. The first-order valence-electron chi connectivity index (χ1n) is 10.5. The van der Waals surface area contributed by atoms with Gasteiger partial charge < -0.3 is 19.0 Å². The van der Waals surface area contributed by atoms with Crippen molar-refractivity contribution in [2.75, 3.05) is 31.1 Å². The van der Waals surface area contributed by atoms with Gasteiger partial charge in [0.1, 0.15) is 29.6 Å². The smallest absolute Gasteiger partial charge is 0.416 e. The molecule has 2 heterocycles. The maximum Gasteiger partial charge on any atom is 0.416 e. The minimum absolute atomic E-state index is 0.0320. The van der Waals surface area contributed by atoms with Crippen molar-refractivity contribution in [3.05, 3.63) is 87.6 Å². The number of alkyl halides is 3. The molecule has 0 spiro atoms. The van der Waals surface area contributed by atoms with Crippen LogP contribution in [0.3, 0.4) is 0 Å². The quantitative estimate of drug-likeness (QED) is 0.276. The Morgan fingerprint density at radius 3 is 2.34 bits per heavy atom. The highest BCUT2D eigenvalue weighted by molar-refractivity contribution is 5.91. The van der Waals surface area contributed by atoms with E-state index in [9.17, 15) is 32.5 Å². The summed E-state index contributed by atoms with van der Waals surface area (Å²) in [5, 5.41) is 11.4. The summed E-state index contributed by atoms with van der Waals surface area (Å²) in [5.74, 6) is 0.119. The van der Waals surface area contributed by atoms with Gasteiger partial charge in [-0.1, -0.05) is 0 Å². The lowest BCUT2D eigenvalue weighted by Gasteiger charge is -2.35. The third-order valence-electron chi connectivity index (χ3n) is 5.47. The molecule has 4 rings (SSSR count). The molecule has 12 heteroatoms. The molecule has 184 valence electrons. The third kappa shape index (κ3) is 5.53. The Morgan fingerprint density at radius 2 is 1.71 bits per heavy atom. The minimum Gasteiger partial charge on any atom is -0.486 e. The molecule has 0 aliphatic carbocycles. The van der Waals surface area contributed by atoms with E-state index in [-0.39, 0.29) is 50.1 Å². The molecule has 1 aliphatic heterocycles. The van der Waals surface area contributed by atoms with Crippen LogP contribution in [0.25, 0.3) is 0 Å². The van der Waals surface area contributed by atoms with Gasteiger partial charge in [-0.25, -0.2) is 4.39 Å². The number of piperazine rings is 1. The maximum atomic E-state index is 13.0. The summed E-state index contributed by atoms with van der Waals surface area (Å²) in [7, 11) is 0. The highest BCUT2D eigenvalue weighted by Gasteiger charge is 2.34. The van der Waals surface area contributed by atoms with Crippen molar-refractivity contribution in [2.45, 2.75) is 12.8 Å². The zero-order valence-corrected chi connectivity index (χ0v) is 18.1. The summed E-state index contributed by atoms with van der Waals surface area (Å²) < 4.78 is 62.8. The average Bonchev–Trinajstić information content (AvgIpc) is 3.31. The number of hydrogen-bond acceptors (Lipinski definition) is 6. The Morgan fingerprint density at radius 1 is 1.03 bits per heavy atom. The van der Waals surface area contributed by atoms with Gasteiger partial charge in [0, 0.05) is 32.2 Å². The summed E-state index contributed by atoms with van der Waals surface area (Å²) in [6.07, 6.45) is -4.69. The van der Waals surface area contributed by atoms with Crippen LogP contribution in [-0.2, 0) is 12.8 Å². The molecule has 1 aliphatic rings. The summed E-state index contributed by atoms with van der Waals surface area (Å²) >= 11 is 0. The first-order chi connectivity index (χ1) is 16.6. The van der Waals surface area contributed by atoms with E-state index in [1.807, 2.05) is 0 Å². The van der Waals surface area contributed by atoms with Gasteiger partial charge in [0.15, 0.2) is 5.76 Å². The normalized spacial score (nSPS) is 14.2. The Labute approximate surface area is 196 Å². The zero-order chi connectivity index (χ0) is 25.2. The molecule has 8 nitrogen and oxygen atoms in total. The van der Waals surface area contributed by atoms with E-state index >= 15 is 0 Å². The number of furan rings is 1. The van der Waals surface area contributed by atoms with E-state index in [2.05, 4.69) is 0 Å². The number of carbonyl (C=O) groups excluding carboxylic acids is 1. The van der Waals surface area contributed by atoms with E-state index in [1.54, 1.807) is 11.0 Å². The molecular weight excluding hydrogens is 474 g/mol. The Hall–Kier alpha value is -4.09. The second kappa shape index (κ2) is 9.65. The van der Waals surface area contributed by atoms with E-state index in [1.165, 1.54) is 35.2 Å². The van der Waals surface area contributed by atoms with Crippen LogP contribution in [0, 0.1) is 15.9 Å². The number of rotatable bonds is 6. The van der Waals surface area contributed by atoms with Crippen molar-refractivity contribution >= 4 is 17.3 Å². The monoisotopic (exact) mass is 493 g/mol. The van der Waals surface area contributed by atoms with Gasteiger partial charge in [-0.3, -0.25) is 14.9 Å². The number of nitro groups is 1. The van der Waals surface area contributed by atoms with Crippen molar-refractivity contribution in [1.82, 2.24) is 4.90 Å². The van der Waals surface area contributed by atoms with Gasteiger partial charge in [0.2, 0.25) is 0 Å². The van der Waals surface area contributed by atoms with Gasteiger partial charge in [-0.05, 0) is 48.5 Å². The molecule has 0 radical (unpaired) electrons. The van der Waals surface area contributed by atoms with Gasteiger partial charge in [-0.15, -0.1) is 0 Å². The topological polar surface area (TPSA) is 89.1 Å². The lowest BCUT2D eigenvalue weighted by Crippen LogP contribution is -2.48. The summed E-state index contributed by atoms with van der Waals surface area (Å²) in [5.41, 5.74) is -1.68. The van der Waals surface area contributed by atoms with Gasteiger partial charge in [0.05, 0.1) is 10.5 Å². The van der Waals surface area contributed by atoms with Crippen LogP contribution < -0.4 is 9.64 Å². The Kier molecular flexibility index (Phi) is 6.63. The van der Waals surface area contributed by atoms with E-state index in [4.69, 9.17) is 9.15 Å². The molecule has 35 heavy (non-hydrogen) atoms. The highest BCUT2D eigenvalue weighted by Crippen LogP contribution is 2.36. The molecule has 0 atom stereocenters. The van der Waals surface area contributed by atoms with Gasteiger partial charge >= 0.3 is 6.18 Å². The van der Waals surface area contributed by atoms with Crippen molar-refractivity contribution in [3.63, 3.8) is 0 Å². The number of hydrogen-bond donors (Lipinski definition) is 0. The van der Waals surface area contributed by atoms with E-state index in [0.29, 0.717) is 17.6 Å². The van der Waals surface area contributed by atoms with Crippen LogP contribution in [0.15, 0.2) is 59.0 Å². The van der Waals surface area contributed by atoms with Crippen molar-refractivity contribution < 1.29 is 36.4 Å². The maximum absolute atomic E-state index is 13.0. The van der Waals surface area contributed by atoms with E-state index < -0.39 is 28.2 Å². The minimum atomic E-state index is -4.69. The van der Waals surface area contributed by atoms with Crippen LogP contribution in [0.4, 0.5) is 28.9 Å². The van der Waals surface area contributed by atoms with Crippen LogP contribution in [0.2, 0.25) is 0 Å². The predicted molar refractivity (Wildman–Crippen MR) is 116 cm³/mol. The number of carbonyl (C=O) groups is 1. The molecule has 0 N–H and O–H groups in total.